The van der Waals surface area contributed by atoms with E-state index >= 15 is 0 Å². The molecule has 0 radical (unpaired) electrons. The van der Waals surface area contributed by atoms with Crippen molar-refractivity contribution >= 4 is 34.7 Å². The average molecular weight is 405 g/mol. The zero-order chi connectivity index (χ0) is 21.5. The number of hydrogen-bond donors (Lipinski definition) is 3. The predicted octanol–water partition coefficient (Wildman–Crippen LogP) is 5.33. The standard InChI is InChI=1S/C23H28N6O/c1-5-29(6-2)22-15-21(24-17(4)25-22)26-18-10-12-19(13-11-18)27-23(30)28-20-9-7-8-16(3)14-20/h7-15H,5-6H2,1-4H3,(H,24,25,26)(H2,27,28,30). The highest BCUT2D eigenvalue weighted by Crippen LogP contribution is 2.21. The van der Waals surface area contributed by atoms with Gasteiger partial charge >= 0.3 is 6.03 Å². The maximum absolute atomic E-state index is 12.2. The number of nitrogens with zero attached hydrogens (tertiary/aromatic N) is 3. The van der Waals surface area contributed by atoms with E-state index in [0.29, 0.717) is 11.5 Å². The van der Waals surface area contributed by atoms with Crippen molar-refractivity contribution in [2.75, 3.05) is 33.9 Å². The molecule has 7 nitrogen and oxygen atoms in total. The van der Waals surface area contributed by atoms with Crippen LogP contribution in [-0.2, 0) is 0 Å². The molecule has 0 aliphatic carbocycles. The highest BCUT2D eigenvalue weighted by molar-refractivity contribution is 5.99. The fraction of sp³-hybridized carbons (Fsp3) is 0.261. The fourth-order valence-electron chi connectivity index (χ4n) is 3.13. The number of rotatable bonds is 7. The zero-order valence-corrected chi connectivity index (χ0v) is 17.9. The van der Waals surface area contributed by atoms with Crippen molar-refractivity contribution in [1.29, 1.82) is 0 Å². The Morgan fingerprint density at radius 1 is 0.867 bits per heavy atom. The van der Waals surface area contributed by atoms with Gasteiger partial charge in [-0.2, -0.15) is 0 Å². The lowest BCUT2D eigenvalue weighted by atomic mass is 10.2. The summed E-state index contributed by atoms with van der Waals surface area (Å²) >= 11 is 0. The van der Waals surface area contributed by atoms with Crippen LogP contribution in [0.4, 0.5) is 33.5 Å². The molecule has 0 aliphatic heterocycles. The second kappa shape index (κ2) is 9.73. The molecule has 0 saturated carbocycles. The number of aromatic nitrogens is 2. The molecule has 7 heteroatoms. The molecule has 0 aliphatic rings. The molecule has 3 aromatic rings. The minimum absolute atomic E-state index is 0.281. The van der Waals surface area contributed by atoms with Gasteiger partial charge in [-0.05, 0) is 69.7 Å². The predicted molar refractivity (Wildman–Crippen MR) is 124 cm³/mol. The molecule has 0 bridgehead atoms. The van der Waals surface area contributed by atoms with Gasteiger partial charge in [0.05, 0.1) is 0 Å². The number of carbonyl (C=O) groups is 1. The number of aryl methyl sites for hydroxylation is 2. The maximum Gasteiger partial charge on any atom is 0.323 e. The molecule has 0 spiro atoms. The molecule has 2 amide bonds. The quantitative estimate of drug-likeness (QED) is 0.496. The van der Waals surface area contributed by atoms with Gasteiger partial charge in [0.15, 0.2) is 0 Å². The zero-order valence-electron chi connectivity index (χ0n) is 17.9. The van der Waals surface area contributed by atoms with E-state index in [-0.39, 0.29) is 6.03 Å². The lowest BCUT2D eigenvalue weighted by molar-refractivity contribution is 0.262. The summed E-state index contributed by atoms with van der Waals surface area (Å²) in [6.07, 6.45) is 0. The van der Waals surface area contributed by atoms with E-state index in [1.54, 1.807) is 0 Å². The van der Waals surface area contributed by atoms with Crippen molar-refractivity contribution in [3.8, 4) is 0 Å². The highest BCUT2D eigenvalue weighted by Gasteiger charge is 2.08. The van der Waals surface area contributed by atoms with Gasteiger partial charge in [0.1, 0.15) is 17.5 Å². The third-order valence-electron chi connectivity index (χ3n) is 4.60. The van der Waals surface area contributed by atoms with Gasteiger partial charge in [0.25, 0.3) is 0 Å². The molecule has 30 heavy (non-hydrogen) atoms. The highest BCUT2D eigenvalue weighted by atomic mass is 16.2. The van der Waals surface area contributed by atoms with Crippen LogP contribution in [0, 0.1) is 13.8 Å². The first-order valence-corrected chi connectivity index (χ1v) is 10.1. The second-order valence-corrected chi connectivity index (χ2v) is 6.98. The smallest absolute Gasteiger partial charge is 0.323 e. The third-order valence-corrected chi connectivity index (χ3v) is 4.60. The summed E-state index contributed by atoms with van der Waals surface area (Å²) in [5.41, 5.74) is 3.43. The third kappa shape index (κ3) is 5.70. The first kappa shape index (κ1) is 21.1. The number of benzene rings is 2. The van der Waals surface area contributed by atoms with E-state index in [9.17, 15) is 4.79 Å². The van der Waals surface area contributed by atoms with Crippen molar-refractivity contribution in [1.82, 2.24) is 9.97 Å². The summed E-state index contributed by atoms with van der Waals surface area (Å²) in [6.45, 7) is 9.86. The summed E-state index contributed by atoms with van der Waals surface area (Å²) in [4.78, 5) is 23.4. The molecule has 156 valence electrons. The van der Waals surface area contributed by atoms with Gasteiger partial charge < -0.3 is 20.9 Å². The summed E-state index contributed by atoms with van der Waals surface area (Å²) in [5, 5.41) is 8.98. The normalized spacial score (nSPS) is 10.4. The lowest BCUT2D eigenvalue weighted by Gasteiger charge is -2.20. The van der Waals surface area contributed by atoms with Crippen molar-refractivity contribution in [2.24, 2.45) is 0 Å². The Kier molecular flexibility index (Phi) is 6.85. The summed E-state index contributed by atoms with van der Waals surface area (Å²) in [6, 6.07) is 16.8. The molecule has 0 unspecified atom stereocenters. The first-order chi connectivity index (χ1) is 14.5. The number of hydrogen-bond acceptors (Lipinski definition) is 5. The van der Waals surface area contributed by atoms with Crippen LogP contribution < -0.4 is 20.9 Å². The number of nitrogens with one attached hydrogen (secondary N) is 3. The Bertz CT molecular complexity index is 999. The fourth-order valence-corrected chi connectivity index (χ4v) is 3.13. The molecule has 3 rings (SSSR count). The van der Waals surface area contributed by atoms with Gasteiger partial charge in [-0.15, -0.1) is 0 Å². The molecule has 3 N–H and O–H groups in total. The van der Waals surface area contributed by atoms with Crippen LogP contribution in [0.2, 0.25) is 0 Å². The van der Waals surface area contributed by atoms with E-state index in [0.717, 1.165) is 41.7 Å². The van der Waals surface area contributed by atoms with Crippen molar-refractivity contribution in [3.63, 3.8) is 0 Å². The summed E-state index contributed by atoms with van der Waals surface area (Å²) in [5.74, 6) is 2.36. The molecule has 0 atom stereocenters. The van der Waals surface area contributed by atoms with Crippen molar-refractivity contribution in [2.45, 2.75) is 27.7 Å². The monoisotopic (exact) mass is 404 g/mol. The van der Waals surface area contributed by atoms with Crippen LogP contribution in [0.3, 0.4) is 0 Å². The summed E-state index contributed by atoms with van der Waals surface area (Å²) in [7, 11) is 0. The molecular formula is C23H28N6O. The SMILES string of the molecule is CCN(CC)c1cc(Nc2ccc(NC(=O)Nc3cccc(C)c3)cc2)nc(C)n1. The number of anilines is 5. The topological polar surface area (TPSA) is 82.2 Å². The van der Waals surface area contributed by atoms with E-state index in [1.165, 1.54) is 0 Å². The van der Waals surface area contributed by atoms with Crippen molar-refractivity contribution < 1.29 is 4.79 Å². The Labute approximate surface area is 177 Å². The largest absolute Gasteiger partial charge is 0.357 e. The maximum atomic E-state index is 12.2. The molecular weight excluding hydrogens is 376 g/mol. The van der Waals surface area contributed by atoms with Crippen LogP contribution in [-0.4, -0.2) is 29.1 Å². The van der Waals surface area contributed by atoms with Crippen LogP contribution in [0.15, 0.2) is 54.6 Å². The Morgan fingerprint density at radius 2 is 1.53 bits per heavy atom. The Morgan fingerprint density at radius 3 is 2.20 bits per heavy atom. The minimum atomic E-state index is -0.281. The van der Waals surface area contributed by atoms with E-state index in [2.05, 4.69) is 44.7 Å². The lowest BCUT2D eigenvalue weighted by Crippen LogP contribution is -2.23. The molecule has 0 fully saturated rings. The van der Waals surface area contributed by atoms with Crippen LogP contribution in [0.5, 0.6) is 0 Å². The van der Waals surface area contributed by atoms with Gasteiger partial charge in [0, 0.05) is 36.2 Å². The minimum Gasteiger partial charge on any atom is -0.357 e. The molecule has 1 heterocycles. The van der Waals surface area contributed by atoms with E-state index in [4.69, 9.17) is 0 Å². The van der Waals surface area contributed by atoms with Gasteiger partial charge in [-0.3, -0.25) is 0 Å². The molecule has 0 saturated heterocycles. The number of amides is 2. The van der Waals surface area contributed by atoms with Gasteiger partial charge in [-0.1, -0.05) is 12.1 Å². The second-order valence-electron chi connectivity index (χ2n) is 6.98. The van der Waals surface area contributed by atoms with Crippen molar-refractivity contribution in [3.05, 3.63) is 66.0 Å². The van der Waals surface area contributed by atoms with Gasteiger partial charge in [0.2, 0.25) is 0 Å². The summed E-state index contributed by atoms with van der Waals surface area (Å²) < 4.78 is 0. The molecule has 1 aromatic heterocycles. The van der Waals surface area contributed by atoms with Crippen LogP contribution in [0.1, 0.15) is 25.2 Å². The average Bonchev–Trinajstić information content (AvgIpc) is 2.70. The van der Waals surface area contributed by atoms with Crippen LogP contribution in [0.25, 0.3) is 0 Å². The molecule has 2 aromatic carbocycles. The Hall–Kier alpha value is -3.61. The Balaban J connectivity index is 1.64. The van der Waals surface area contributed by atoms with Gasteiger partial charge in [-0.25, -0.2) is 14.8 Å². The number of urea groups is 1. The number of carbonyl (C=O) groups excluding carboxylic acids is 1. The first-order valence-electron chi connectivity index (χ1n) is 10.1. The van der Waals surface area contributed by atoms with E-state index < -0.39 is 0 Å². The van der Waals surface area contributed by atoms with E-state index in [1.807, 2.05) is 68.4 Å². The van der Waals surface area contributed by atoms with Crippen LogP contribution >= 0.6 is 0 Å².